The first-order chi connectivity index (χ1) is 16.3. The van der Waals surface area contributed by atoms with Crippen molar-refractivity contribution in [1.29, 1.82) is 0 Å². The Balaban J connectivity index is 1.35. The van der Waals surface area contributed by atoms with Gasteiger partial charge in [-0.3, -0.25) is 14.5 Å². The summed E-state index contributed by atoms with van der Waals surface area (Å²) in [5.74, 6) is -0.353. The van der Waals surface area contributed by atoms with Gasteiger partial charge < -0.3 is 9.72 Å². The number of hydrogen-bond donors (Lipinski definition) is 1. The molecule has 0 saturated heterocycles. The highest BCUT2D eigenvalue weighted by Gasteiger charge is 2.22. The summed E-state index contributed by atoms with van der Waals surface area (Å²) in [4.78, 5) is 34.3. The van der Waals surface area contributed by atoms with Gasteiger partial charge in [-0.25, -0.2) is 4.98 Å². The highest BCUT2D eigenvalue weighted by Crippen LogP contribution is 2.34. The average molecular weight is 476 g/mol. The second kappa shape index (κ2) is 10.2. The van der Waals surface area contributed by atoms with Crippen LogP contribution in [0.2, 0.25) is 0 Å². The van der Waals surface area contributed by atoms with Gasteiger partial charge in [-0.05, 0) is 56.4 Å². The van der Waals surface area contributed by atoms with E-state index in [4.69, 9.17) is 4.74 Å². The van der Waals surface area contributed by atoms with Gasteiger partial charge in [0.15, 0.2) is 5.13 Å². The van der Waals surface area contributed by atoms with Gasteiger partial charge in [-0.15, -0.1) is 11.3 Å². The van der Waals surface area contributed by atoms with Crippen LogP contribution in [0, 0.1) is 20.8 Å². The van der Waals surface area contributed by atoms with Crippen LogP contribution in [0.3, 0.4) is 0 Å². The third-order valence-corrected chi connectivity index (χ3v) is 6.66. The number of aromatic amines is 1. The monoisotopic (exact) mass is 475 g/mol. The van der Waals surface area contributed by atoms with Gasteiger partial charge in [-0.1, -0.05) is 35.9 Å². The molecule has 34 heavy (non-hydrogen) atoms. The molecule has 2 aromatic carbocycles. The summed E-state index contributed by atoms with van der Waals surface area (Å²) in [6.07, 6.45) is 3.87. The zero-order chi connectivity index (χ0) is 24.2. The van der Waals surface area contributed by atoms with E-state index in [1.165, 1.54) is 29.2 Å². The van der Waals surface area contributed by atoms with E-state index >= 15 is 0 Å². The molecule has 1 N–H and O–H groups in total. The molecule has 4 aromatic rings. The first-order valence-electron chi connectivity index (χ1n) is 11.4. The van der Waals surface area contributed by atoms with E-state index in [0.29, 0.717) is 23.7 Å². The van der Waals surface area contributed by atoms with Crippen molar-refractivity contribution in [3.63, 3.8) is 0 Å². The molecule has 0 atom stereocenters. The van der Waals surface area contributed by atoms with Crippen molar-refractivity contribution in [1.82, 2.24) is 9.97 Å². The average Bonchev–Trinajstić information content (AvgIpc) is 3.42. The summed E-state index contributed by atoms with van der Waals surface area (Å²) in [7, 11) is 0. The molecule has 176 valence electrons. The zero-order valence-corrected chi connectivity index (χ0v) is 20.8. The first kappa shape index (κ1) is 23.7. The number of fused-ring (bicyclic) bond motifs is 1. The van der Waals surface area contributed by atoms with Crippen LogP contribution in [0.1, 0.15) is 47.7 Å². The maximum absolute atomic E-state index is 12.5. The highest BCUT2D eigenvalue weighted by atomic mass is 32.1. The number of ether oxygens (including phenoxy) is 1. The molecule has 0 aliphatic rings. The van der Waals surface area contributed by atoms with E-state index in [1.54, 1.807) is 4.90 Å². The largest absolute Gasteiger partial charge is 0.459 e. The van der Waals surface area contributed by atoms with Gasteiger partial charge in [0.25, 0.3) is 0 Å². The maximum Gasteiger partial charge on any atom is 0.306 e. The number of H-pyrrole nitrogens is 1. The summed E-state index contributed by atoms with van der Waals surface area (Å²) >= 11 is 1.37. The van der Waals surface area contributed by atoms with E-state index in [9.17, 15) is 9.59 Å². The number of anilines is 2. The molecule has 0 saturated carbocycles. The van der Waals surface area contributed by atoms with Crippen LogP contribution in [0.5, 0.6) is 0 Å². The van der Waals surface area contributed by atoms with Crippen molar-refractivity contribution in [2.24, 2.45) is 0 Å². The second-order valence-corrected chi connectivity index (χ2v) is 9.43. The van der Waals surface area contributed by atoms with Crippen LogP contribution in [-0.4, -0.2) is 21.8 Å². The molecule has 0 radical (unpaired) electrons. The van der Waals surface area contributed by atoms with Crippen molar-refractivity contribution in [3.05, 3.63) is 75.9 Å². The summed E-state index contributed by atoms with van der Waals surface area (Å²) < 4.78 is 5.45. The minimum atomic E-state index is -0.247. The molecule has 6 nitrogen and oxygen atoms in total. The fraction of sp³-hybridized carbons (Fsp3) is 0.296. The molecule has 0 aliphatic heterocycles. The van der Waals surface area contributed by atoms with Crippen LogP contribution in [0.15, 0.2) is 48.0 Å². The lowest BCUT2D eigenvalue weighted by Gasteiger charge is -2.23. The SMILES string of the molecule is CC(=O)N(c1nc(COC(=O)CCCc2c[nH]c3ccccc23)cs1)c1c(C)cc(C)cc1C. The number of carbonyl (C=O) groups is 2. The first-order valence-corrected chi connectivity index (χ1v) is 12.2. The lowest BCUT2D eigenvalue weighted by atomic mass is 10.0. The van der Waals surface area contributed by atoms with Gasteiger partial charge >= 0.3 is 5.97 Å². The molecule has 0 fully saturated rings. The number of benzene rings is 2. The molecule has 7 heteroatoms. The smallest absolute Gasteiger partial charge is 0.306 e. The van der Waals surface area contributed by atoms with E-state index in [2.05, 4.69) is 28.2 Å². The Bertz CT molecular complexity index is 1310. The predicted octanol–water partition coefficient (Wildman–Crippen LogP) is 6.30. The Labute approximate surface area is 203 Å². The van der Waals surface area contributed by atoms with Crippen LogP contribution in [0.4, 0.5) is 10.8 Å². The van der Waals surface area contributed by atoms with Crippen LogP contribution in [0.25, 0.3) is 10.9 Å². The van der Waals surface area contributed by atoms with Gasteiger partial charge in [-0.2, -0.15) is 0 Å². The topological polar surface area (TPSA) is 75.3 Å². The van der Waals surface area contributed by atoms with Crippen LogP contribution >= 0.6 is 11.3 Å². The number of hydrogen-bond acceptors (Lipinski definition) is 5. The number of nitrogens with zero attached hydrogens (tertiary/aromatic N) is 2. The maximum atomic E-state index is 12.5. The van der Waals surface area contributed by atoms with E-state index < -0.39 is 0 Å². The lowest BCUT2D eigenvalue weighted by molar-refractivity contribution is -0.145. The normalized spacial score (nSPS) is 11.1. The number of aromatic nitrogens is 2. The summed E-state index contributed by atoms with van der Waals surface area (Å²) in [5, 5.41) is 3.61. The molecule has 0 aliphatic carbocycles. The Morgan fingerprint density at radius 3 is 2.59 bits per heavy atom. The molecule has 0 unspecified atom stereocenters. The quantitative estimate of drug-likeness (QED) is 0.303. The van der Waals surface area contributed by atoms with Crippen LogP contribution < -0.4 is 4.90 Å². The Kier molecular flexibility index (Phi) is 7.12. The molecule has 0 bridgehead atoms. The molecular weight excluding hydrogens is 446 g/mol. The second-order valence-electron chi connectivity index (χ2n) is 8.60. The zero-order valence-electron chi connectivity index (χ0n) is 20.0. The third-order valence-electron chi connectivity index (χ3n) is 5.79. The molecule has 2 aromatic heterocycles. The number of para-hydroxylation sites is 1. The van der Waals surface area contributed by atoms with E-state index in [1.807, 2.05) is 50.5 Å². The van der Waals surface area contributed by atoms with Crippen molar-refractivity contribution in [2.75, 3.05) is 4.90 Å². The minimum absolute atomic E-state index is 0.0972. The van der Waals surface area contributed by atoms with Gasteiger partial charge in [0.2, 0.25) is 5.91 Å². The number of nitrogens with one attached hydrogen (secondary N) is 1. The Morgan fingerprint density at radius 2 is 1.85 bits per heavy atom. The van der Waals surface area contributed by atoms with E-state index in [0.717, 1.165) is 34.3 Å². The van der Waals surface area contributed by atoms with Gasteiger partial charge in [0.1, 0.15) is 6.61 Å². The van der Waals surface area contributed by atoms with Crippen LogP contribution in [-0.2, 0) is 27.4 Å². The lowest BCUT2D eigenvalue weighted by Crippen LogP contribution is -2.24. The van der Waals surface area contributed by atoms with Crippen molar-refractivity contribution >= 4 is 44.9 Å². The Hall–Kier alpha value is -3.45. The number of thiazole rings is 1. The summed E-state index contributed by atoms with van der Waals surface area (Å²) in [6.45, 7) is 7.67. The predicted molar refractivity (Wildman–Crippen MR) is 137 cm³/mol. The summed E-state index contributed by atoms with van der Waals surface area (Å²) in [5.41, 5.74) is 7.00. The molecule has 1 amide bonds. The number of rotatable bonds is 8. The molecule has 4 rings (SSSR count). The Morgan fingerprint density at radius 1 is 1.12 bits per heavy atom. The number of carbonyl (C=O) groups excluding carboxylic acids is 2. The third kappa shape index (κ3) is 5.20. The molecule has 0 spiro atoms. The van der Waals surface area contributed by atoms with Gasteiger partial charge in [0, 0.05) is 35.8 Å². The van der Waals surface area contributed by atoms with E-state index in [-0.39, 0.29) is 18.5 Å². The molecular formula is C27H29N3O3S. The van der Waals surface area contributed by atoms with Crippen molar-refractivity contribution in [2.45, 2.75) is 53.6 Å². The van der Waals surface area contributed by atoms with Crippen molar-refractivity contribution < 1.29 is 14.3 Å². The fourth-order valence-corrected chi connectivity index (χ4v) is 5.22. The highest BCUT2D eigenvalue weighted by molar-refractivity contribution is 7.14. The minimum Gasteiger partial charge on any atom is -0.459 e. The van der Waals surface area contributed by atoms with Gasteiger partial charge in [0.05, 0.1) is 11.4 Å². The fourth-order valence-electron chi connectivity index (χ4n) is 4.37. The van der Waals surface area contributed by atoms with Crippen molar-refractivity contribution in [3.8, 4) is 0 Å². The number of esters is 1. The number of aryl methyl sites for hydroxylation is 4. The summed E-state index contributed by atoms with van der Waals surface area (Å²) in [6, 6.07) is 12.3. The standard InChI is InChI=1S/C27H29N3O3S/c1-17-12-18(2)26(19(3)13-17)30(20(4)31)27-29-22(16-34-27)15-33-25(32)11-7-8-21-14-28-24-10-6-5-9-23(21)24/h5-6,9-10,12-14,16,28H,7-8,11,15H2,1-4H3. The molecule has 2 heterocycles. The number of amides is 1.